The molecule has 0 aliphatic carbocycles. The fourth-order valence-corrected chi connectivity index (χ4v) is 0.504. The molecule has 5 heteroatoms. The smallest absolute Gasteiger partial charge is 0.377 e. The average Bonchev–Trinajstić information content (AvgIpc) is 1.94. The molecule has 0 atom stereocenters. The SMILES string of the molecule is NC/C=C/COCCC(F)(F)F. The Balaban J connectivity index is 3.17. The molecule has 0 aromatic carbocycles. The van der Waals surface area contributed by atoms with Gasteiger partial charge in [0.15, 0.2) is 0 Å². The largest absolute Gasteiger partial charge is 0.391 e. The Kier molecular flexibility index (Phi) is 5.74. The fourth-order valence-electron chi connectivity index (χ4n) is 0.504. The Bertz CT molecular complexity index is 133. The standard InChI is InChI=1S/C7H12F3NO/c8-7(9,10)3-6-12-5-2-1-4-11/h1-2H,3-6,11H2/b2-1+. The maximum Gasteiger partial charge on any atom is 0.391 e. The van der Waals surface area contributed by atoms with Gasteiger partial charge < -0.3 is 10.5 Å². The van der Waals surface area contributed by atoms with Crippen LogP contribution in [-0.2, 0) is 4.74 Å². The van der Waals surface area contributed by atoms with Crippen molar-refractivity contribution in [2.75, 3.05) is 19.8 Å². The highest BCUT2D eigenvalue weighted by Crippen LogP contribution is 2.18. The number of alkyl halides is 3. The van der Waals surface area contributed by atoms with Crippen LogP contribution in [0.15, 0.2) is 12.2 Å². The van der Waals surface area contributed by atoms with Crippen LogP contribution in [0.4, 0.5) is 13.2 Å². The van der Waals surface area contributed by atoms with E-state index < -0.39 is 12.6 Å². The van der Waals surface area contributed by atoms with Crippen molar-refractivity contribution < 1.29 is 17.9 Å². The third kappa shape index (κ3) is 9.45. The third-order valence-electron chi connectivity index (χ3n) is 1.05. The summed E-state index contributed by atoms with van der Waals surface area (Å²) in [5.41, 5.74) is 5.09. The maximum atomic E-state index is 11.5. The predicted octanol–water partition coefficient (Wildman–Crippen LogP) is 1.47. The Labute approximate surface area is 69.2 Å². The Morgan fingerprint density at radius 3 is 2.42 bits per heavy atom. The van der Waals surface area contributed by atoms with Gasteiger partial charge in [-0.25, -0.2) is 0 Å². The van der Waals surface area contributed by atoms with E-state index in [1.807, 2.05) is 0 Å². The summed E-state index contributed by atoms with van der Waals surface area (Å²) in [6.45, 7) is 0.272. The molecule has 0 fully saturated rings. The number of nitrogens with two attached hydrogens (primary N) is 1. The first-order valence-electron chi connectivity index (χ1n) is 3.56. The molecule has 0 saturated carbocycles. The Hall–Kier alpha value is -0.550. The molecule has 2 N–H and O–H groups in total. The molecule has 0 bridgehead atoms. The fraction of sp³-hybridized carbons (Fsp3) is 0.714. The number of rotatable bonds is 5. The van der Waals surface area contributed by atoms with E-state index in [4.69, 9.17) is 5.73 Å². The molecule has 0 unspecified atom stereocenters. The van der Waals surface area contributed by atoms with Gasteiger partial charge in [0.05, 0.1) is 19.6 Å². The van der Waals surface area contributed by atoms with Gasteiger partial charge in [-0.05, 0) is 0 Å². The molecule has 72 valence electrons. The highest BCUT2D eigenvalue weighted by atomic mass is 19.4. The second kappa shape index (κ2) is 6.02. The van der Waals surface area contributed by atoms with Crippen LogP contribution in [-0.4, -0.2) is 25.9 Å². The maximum absolute atomic E-state index is 11.5. The third-order valence-corrected chi connectivity index (χ3v) is 1.05. The minimum Gasteiger partial charge on any atom is -0.377 e. The minimum absolute atomic E-state index is 0.188. The monoisotopic (exact) mass is 183 g/mol. The van der Waals surface area contributed by atoms with Crippen molar-refractivity contribution in [3.05, 3.63) is 12.2 Å². The summed E-state index contributed by atoms with van der Waals surface area (Å²) in [5, 5.41) is 0. The first kappa shape index (κ1) is 11.4. The molecule has 0 saturated heterocycles. The van der Waals surface area contributed by atoms with Crippen LogP contribution in [0.3, 0.4) is 0 Å². The average molecular weight is 183 g/mol. The second-order valence-corrected chi connectivity index (χ2v) is 2.15. The van der Waals surface area contributed by atoms with E-state index in [1.54, 1.807) is 12.2 Å². The Morgan fingerprint density at radius 1 is 1.25 bits per heavy atom. The van der Waals surface area contributed by atoms with Gasteiger partial charge in [0, 0.05) is 6.54 Å². The molecule has 0 amide bonds. The van der Waals surface area contributed by atoms with E-state index in [-0.39, 0.29) is 13.2 Å². The van der Waals surface area contributed by atoms with Gasteiger partial charge >= 0.3 is 6.18 Å². The van der Waals surface area contributed by atoms with E-state index in [2.05, 4.69) is 4.74 Å². The summed E-state index contributed by atoms with van der Waals surface area (Å²) in [6, 6.07) is 0. The number of hydrogen-bond acceptors (Lipinski definition) is 2. The first-order chi connectivity index (χ1) is 5.56. The van der Waals surface area contributed by atoms with E-state index in [0.717, 1.165) is 0 Å². The van der Waals surface area contributed by atoms with Gasteiger partial charge in [0.1, 0.15) is 0 Å². The number of ether oxygens (including phenoxy) is 1. The molecule has 2 nitrogen and oxygen atoms in total. The van der Waals surface area contributed by atoms with Crippen LogP contribution < -0.4 is 5.73 Å². The molecule has 0 aromatic rings. The van der Waals surface area contributed by atoms with Crippen LogP contribution in [0.1, 0.15) is 6.42 Å². The van der Waals surface area contributed by atoms with Crippen LogP contribution in [0.5, 0.6) is 0 Å². The molecule has 0 aromatic heterocycles. The molecule has 0 aliphatic rings. The van der Waals surface area contributed by atoms with E-state index >= 15 is 0 Å². The van der Waals surface area contributed by atoms with Crippen molar-refractivity contribution in [3.63, 3.8) is 0 Å². The summed E-state index contributed by atoms with van der Waals surface area (Å²) in [7, 11) is 0. The first-order valence-corrected chi connectivity index (χ1v) is 3.56. The van der Waals surface area contributed by atoms with Gasteiger partial charge in [-0.15, -0.1) is 0 Å². The molecule has 0 heterocycles. The van der Waals surface area contributed by atoms with Gasteiger partial charge in [0.2, 0.25) is 0 Å². The normalized spacial score (nSPS) is 12.7. The topological polar surface area (TPSA) is 35.2 Å². The molecule has 0 aliphatic heterocycles. The van der Waals surface area contributed by atoms with E-state index in [1.165, 1.54) is 0 Å². The lowest BCUT2D eigenvalue weighted by molar-refractivity contribution is -0.144. The van der Waals surface area contributed by atoms with Crippen molar-refractivity contribution >= 4 is 0 Å². The molecule has 0 radical (unpaired) electrons. The highest BCUT2D eigenvalue weighted by Gasteiger charge is 2.26. The Morgan fingerprint density at radius 2 is 1.92 bits per heavy atom. The summed E-state index contributed by atoms with van der Waals surface area (Å²) in [6.07, 6.45) is -1.80. The lowest BCUT2D eigenvalue weighted by Gasteiger charge is -2.04. The molecular formula is C7H12F3NO. The van der Waals surface area contributed by atoms with Gasteiger partial charge in [-0.1, -0.05) is 12.2 Å². The van der Waals surface area contributed by atoms with Crippen LogP contribution >= 0.6 is 0 Å². The zero-order chi connectivity index (χ0) is 9.45. The summed E-state index contributed by atoms with van der Waals surface area (Å²) >= 11 is 0. The van der Waals surface area contributed by atoms with Crippen LogP contribution in [0.25, 0.3) is 0 Å². The predicted molar refractivity (Wildman–Crippen MR) is 39.7 cm³/mol. The molecular weight excluding hydrogens is 171 g/mol. The molecule has 0 rings (SSSR count). The van der Waals surface area contributed by atoms with Crippen molar-refractivity contribution in [3.8, 4) is 0 Å². The zero-order valence-electron chi connectivity index (χ0n) is 6.60. The zero-order valence-corrected chi connectivity index (χ0v) is 6.60. The lowest BCUT2D eigenvalue weighted by atomic mass is 10.4. The molecule has 0 spiro atoms. The van der Waals surface area contributed by atoms with Crippen molar-refractivity contribution in [2.24, 2.45) is 5.73 Å². The van der Waals surface area contributed by atoms with Crippen LogP contribution in [0.2, 0.25) is 0 Å². The minimum atomic E-state index is -4.13. The van der Waals surface area contributed by atoms with Crippen molar-refractivity contribution in [1.29, 1.82) is 0 Å². The summed E-state index contributed by atoms with van der Waals surface area (Å²) in [4.78, 5) is 0. The summed E-state index contributed by atoms with van der Waals surface area (Å²) in [5.74, 6) is 0. The highest BCUT2D eigenvalue weighted by molar-refractivity contribution is 4.81. The van der Waals surface area contributed by atoms with Gasteiger partial charge in [0.25, 0.3) is 0 Å². The lowest BCUT2D eigenvalue weighted by Crippen LogP contribution is -2.11. The second-order valence-electron chi connectivity index (χ2n) is 2.15. The summed E-state index contributed by atoms with van der Waals surface area (Å²) < 4.78 is 39.2. The van der Waals surface area contributed by atoms with Gasteiger partial charge in [-0.2, -0.15) is 13.2 Å². The van der Waals surface area contributed by atoms with Gasteiger partial charge in [-0.3, -0.25) is 0 Å². The van der Waals surface area contributed by atoms with Crippen molar-refractivity contribution in [2.45, 2.75) is 12.6 Å². The molecule has 12 heavy (non-hydrogen) atoms. The number of halogens is 3. The quantitative estimate of drug-likeness (QED) is 0.517. The van der Waals surface area contributed by atoms with E-state index in [9.17, 15) is 13.2 Å². The number of hydrogen-bond donors (Lipinski definition) is 1. The van der Waals surface area contributed by atoms with Crippen molar-refractivity contribution in [1.82, 2.24) is 0 Å². The van der Waals surface area contributed by atoms with Crippen LogP contribution in [0, 0.1) is 0 Å². The van der Waals surface area contributed by atoms with E-state index in [0.29, 0.717) is 6.54 Å².